The van der Waals surface area contributed by atoms with Gasteiger partial charge in [-0.3, -0.25) is 0 Å². The highest BCUT2D eigenvalue weighted by atomic mass is 16.5. The number of hydrogen-bond donors (Lipinski definition) is 2. The second kappa shape index (κ2) is 3.50. The molecule has 90 valence electrons. The lowest BCUT2D eigenvalue weighted by molar-refractivity contribution is 0.150. The van der Waals surface area contributed by atoms with Gasteiger partial charge in [0.05, 0.1) is 12.7 Å². The van der Waals surface area contributed by atoms with E-state index < -0.39 is 5.60 Å². The molecular weight excluding hydrogens is 214 g/mol. The molecule has 1 fully saturated rings. The van der Waals surface area contributed by atoms with Gasteiger partial charge in [-0.2, -0.15) is 0 Å². The quantitative estimate of drug-likeness (QED) is 0.852. The maximum absolute atomic E-state index is 10.0. The summed E-state index contributed by atoms with van der Waals surface area (Å²) in [5.41, 5.74) is 2.86. The van der Waals surface area contributed by atoms with Crippen LogP contribution in [-0.4, -0.2) is 22.8 Å². The number of rotatable bonds is 3. The minimum absolute atomic E-state index is 0.484. The number of H-pyrrole nitrogens is 1. The Labute approximate surface area is 100 Å². The maximum atomic E-state index is 10.0. The third kappa shape index (κ3) is 1.91. The van der Waals surface area contributed by atoms with Gasteiger partial charge in [0.1, 0.15) is 5.75 Å². The molecule has 1 aliphatic carbocycles. The van der Waals surface area contributed by atoms with Crippen LogP contribution in [0.2, 0.25) is 0 Å². The summed E-state index contributed by atoms with van der Waals surface area (Å²) < 4.78 is 5.41. The van der Waals surface area contributed by atoms with Gasteiger partial charge in [-0.05, 0) is 43.5 Å². The Kier molecular flexibility index (Phi) is 2.20. The molecule has 1 saturated carbocycles. The van der Waals surface area contributed by atoms with E-state index in [1.807, 2.05) is 13.0 Å². The van der Waals surface area contributed by atoms with Crippen LogP contribution in [-0.2, 0) is 6.42 Å². The summed E-state index contributed by atoms with van der Waals surface area (Å²) in [5.74, 6) is 0.872. The average molecular weight is 231 g/mol. The highest BCUT2D eigenvalue weighted by Crippen LogP contribution is 2.40. The molecule has 0 atom stereocenters. The summed E-state index contributed by atoms with van der Waals surface area (Å²) >= 11 is 0. The van der Waals surface area contributed by atoms with Gasteiger partial charge in [0, 0.05) is 23.0 Å². The number of hydrogen-bond acceptors (Lipinski definition) is 2. The number of aromatic nitrogens is 1. The van der Waals surface area contributed by atoms with Crippen LogP contribution in [0.25, 0.3) is 10.9 Å². The number of aliphatic hydroxyl groups is 1. The fourth-order valence-corrected chi connectivity index (χ4v) is 2.35. The SMILES string of the molecule is COc1cc2cc(C)[nH]c2cc1CC1(O)CC1. The van der Waals surface area contributed by atoms with Crippen LogP contribution >= 0.6 is 0 Å². The van der Waals surface area contributed by atoms with Crippen LogP contribution in [0.3, 0.4) is 0 Å². The topological polar surface area (TPSA) is 45.2 Å². The molecule has 1 aliphatic rings. The van der Waals surface area contributed by atoms with Gasteiger partial charge in [-0.15, -0.1) is 0 Å². The van der Waals surface area contributed by atoms with Crippen molar-refractivity contribution in [2.24, 2.45) is 0 Å². The van der Waals surface area contributed by atoms with E-state index in [9.17, 15) is 5.11 Å². The lowest BCUT2D eigenvalue weighted by atomic mass is 10.0. The molecule has 2 N–H and O–H groups in total. The molecule has 1 aromatic carbocycles. The van der Waals surface area contributed by atoms with Crippen molar-refractivity contribution >= 4 is 10.9 Å². The number of ether oxygens (including phenoxy) is 1. The smallest absolute Gasteiger partial charge is 0.122 e. The van der Waals surface area contributed by atoms with Crippen molar-refractivity contribution in [2.45, 2.75) is 31.8 Å². The average Bonchev–Trinajstić information content (AvgIpc) is 2.88. The van der Waals surface area contributed by atoms with E-state index in [0.717, 1.165) is 40.8 Å². The molecule has 0 amide bonds. The predicted octanol–water partition coefficient (Wildman–Crippen LogP) is 2.55. The molecule has 1 heterocycles. The number of aromatic amines is 1. The number of methoxy groups -OCH3 is 1. The Bertz CT molecular complexity index is 567. The lowest BCUT2D eigenvalue weighted by Crippen LogP contribution is -2.11. The zero-order chi connectivity index (χ0) is 12.0. The van der Waals surface area contributed by atoms with Gasteiger partial charge in [0.2, 0.25) is 0 Å². The van der Waals surface area contributed by atoms with Gasteiger partial charge in [0.15, 0.2) is 0 Å². The first-order valence-corrected chi connectivity index (χ1v) is 5.98. The van der Waals surface area contributed by atoms with Crippen molar-refractivity contribution in [3.05, 3.63) is 29.5 Å². The molecule has 17 heavy (non-hydrogen) atoms. The molecule has 3 nitrogen and oxygen atoms in total. The fourth-order valence-electron chi connectivity index (χ4n) is 2.35. The van der Waals surface area contributed by atoms with E-state index in [1.54, 1.807) is 7.11 Å². The van der Waals surface area contributed by atoms with E-state index in [0.29, 0.717) is 6.42 Å². The molecule has 3 heteroatoms. The Morgan fingerprint density at radius 1 is 1.35 bits per heavy atom. The minimum atomic E-state index is -0.484. The first kappa shape index (κ1) is 10.7. The standard InChI is InChI=1S/C14H17NO2/c1-9-5-10-7-13(17-2)11(6-12(10)15-9)8-14(16)3-4-14/h5-7,15-16H,3-4,8H2,1-2H3. The Balaban J connectivity index is 2.07. The zero-order valence-electron chi connectivity index (χ0n) is 10.2. The van der Waals surface area contributed by atoms with E-state index in [1.165, 1.54) is 0 Å². The normalized spacial score (nSPS) is 17.4. The first-order valence-electron chi connectivity index (χ1n) is 5.98. The number of fused-ring (bicyclic) bond motifs is 1. The predicted molar refractivity (Wildman–Crippen MR) is 67.5 cm³/mol. The van der Waals surface area contributed by atoms with Crippen molar-refractivity contribution in [1.82, 2.24) is 4.98 Å². The molecule has 1 aromatic heterocycles. The molecular formula is C14H17NO2. The van der Waals surface area contributed by atoms with E-state index in [2.05, 4.69) is 17.1 Å². The largest absolute Gasteiger partial charge is 0.496 e. The van der Waals surface area contributed by atoms with Crippen molar-refractivity contribution in [2.75, 3.05) is 7.11 Å². The second-order valence-corrected chi connectivity index (χ2v) is 5.10. The van der Waals surface area contributed by atoms with Gasteiger partial charge in [-0.1, -0.05) is 0 Å². The Morgan fingerprint density at radius 2 is 2.12 bits per heavy atom. The van der Waals surface area contributed by atoms with Crippen LogP contribution in [0, 0.1) is 6.92 Å². The highest BCUT2D eigenvalue weighted by Gasteiger charge is 2.40. The summed E-state index contributed by atoms with van der Waals surface area (Å²) in [7, 11) is 1.68. The van der Waals surface area contributed by atoms with Gasteiger partial charge >= 0.3 is 0 Å². The minimum Gasteiger partial charge on any atom is -0.496 e. The molecule has 0 saturated heterocycles. The molecule has 2 aromatic rings. The van der Waals surface area contributed by atoms with Crippen LogP contribution < -0.4 is 4.74 Å². The molecule has 3 rings (SSSR count). The summed E-state index contributed by atoms with van der Waals surface area (Å²) in [5, 5.41) is 11.2. The third-order valence-electron chi connectivity index (χ3n) is 3.50. The number of nitrogens with one attached hydrogen (secondary N) is 1. The van der Waals surface area contributed by atoms with E-state index in [4.69, 9.17) is 4.74 Å². The molecule has 0 spiro atoms. The Hall–Kier alpha value is -1.48. The molecule has 0 unspecified atom stereocenters. The monoisotopic (exact) mass is 231 g/mol. The maximum Gasteiger partial charge on any atom is 0.122 e. The molecule has 0 bridgehead atoms. The molecule has 0 aliphatic heterocycles. The van der Waals surface area contributed by atoms with Crippen LogP contribution in [0.5, 0.6) is 5.75 Å². The summed E-state index contributed by atoms with van der Waals surface area (Å²) in [6, 6.07) is 6.24. The van der Waals surface area contributed by atoms with Crippen LogP contribution in [0.4, 0.5) is 0 Å². The van der Waals surface area contributed by atoms with Crippen molar-refractivity contribution in [1.29, 1.82) is 0 Å². The van der Waals surface area contributed by atoms with Crippen LogP contribution in [0.15, 0.2) is 18.2 Å². The van der Waals surface area contributed by atoms with Gasteiger partial charge in [0.25, 0.3) is 0 Å². The van der Waals surface area contributed by atoms with E-state index in [-0.39, 0.29) is 0 Å². The first-order chi connectivity index (χ1) is 8.09. The third-order valence-corrected chi connectivity index (χ3v) is 3.50. The fraction of sp³-hybridized carbons (Fsp3) is 0.429. The molecule has 0 radical (unpaired) electrons. The van der Waals surface area contributed by atoms with E-state index >= 15 is 0 Å². The van der Waals surface area contributed by atoms with Crippen LogP contribution in [0.1, 0.15) is 24.1 Å². The second-order valence-electron chi connectivity index (χ2n) is 5.10. The Morgan fingerprint density at radius 3 is 2.76 bits per heavy atom. The van der Waals surface area contributed by atoms with Crippen molar-refractivity contribution in [3.63, 3.8) is 0 Å². The van der Waals surface area contributed by atoms with Gasteiger partial charge in [-0.25, -0.2) is 0 Å². The number of aryl methyl sites for hydroxylation is 1. The highest BCUT2D eigenvalue weighted by molar-refractivity contribution is 5.83. The lowest BCUT2D eigenvalue weighted by Gasteiger charge is -2.12. The summed E-state index contributed by atoms with van der Waals surface area (Å²) in [6.07, 6.45) is 2.49. The van der Waals surface area contributed by atoms with Crippen molar-refractivity contribution < 1.29 is 9.84 Å². The van der Waals surface area contributed by atoms with Crippen molar-refractivity contribution in [3.8, 4) is 5.75 Å². The number of benzene rings is 1. The summed E-state index contributed by atoms with van der Waals surface area (Å²) in [6.45, 7) is 2.04. The zero-order valence-corrected chi connectivity index (χ0v) is 10.2. The van der Waals surface area contributed by atoms with Gasteiger partial charge < -0.3 is 14.8 Å². The summed E-state index contributed by atoms with van der Waals surface area (Å²) in [4.78, 5) is 3.32.